The molecule has 0 aliphatic heterocycles. The van der Waals surface area contributed by atoms with Gasteiger partial charge in [0.25, 0.3) is 5.91 Å². The largest absolute Gasteiger partial charge is 0.348 e. The summed E-state index contributed by atoms with van der Waals surface area (Å²) in [4.78, 5) is 13.0. The molecule has 0 radical (unpaired) electrons. The first-order valence-electron chi connectivity index (χ1n) is 8.94. The van der Waals surface area contributed by atoms with E-state index in [1.54, 1.807) is 10.9 Å². The number of benzene rings is 3. The molecule has 0 aliphatic rings. The molecule has 1 amide bonds. The number of amides is 1. The van der Waals surface area contributed by atoms with Gasteiger partial charge in [0.05, 0.1) is 23.1 Å². The Kier molecular flexibility index (Phi) is 5.22. The predicted octanol–water partition coefficient (Wildman–Crippen LogP) is 5.12. The molecule has 5 heteroatoms. The first-order chi connectivity index (χ1) is 13.7. The van der Waals surface area contributed by atoms with Crippen LogP contribution in [0.4, 0.5) is 0 Å². The van der Waals surface area contributed by atoms with Crippen LogP contribution in [0.1, 0.15) is 15.9 Å². The van der Waals surface area contributed by atoms with E-state index in [1.807, 2.05) is 84.9 Å². The molecule has 138 valence electrons. The van der Waals surface area contributed by atoms with E-state index in [2.05, 4.69) is 10.4 Å². The van der Waals surface area contributed by atoms with E-state index in [4.69, 9.17) is 11.6 Å². The van der Waals surface area contributed by atoms with Gasteiger partial charge in [0.15, 0.2) is 0 Å². The minimum atomic E-state index is -0.194. The van der Waals surface area contributed by atoms with Crippen molar-refractivity contribution in [3.8, 4) is 16.9 Å². The smallest absolute Gasteiger partial charge is 0.255 e. The molecule has 0 saturated carbocycles. The second-order valence-corrected chi connectivity index (χ2v) is 6.70. The van der Waals surface area contributed by atoms with Crippen molar-refractivity contribution in [2.75, 3.05) is 0 Å². The predicted molar refractivity (Wildman–Crippen MR) is 112 cm³/mol. The van der Waals surface area contributed by atoms with Gasteiger partial charge < -0.3 is 5.32 Å². The van der Waals surface area contributed by atoms with Crippen LogP contribution in [0, 0.1) is 0 Å². The Bertz CT molecular complexity index is 1090. The van der Waals surface area contributed by atoms with Gasteiger partial charge in [-0.2, -0.15) is 5.10 Å². The van der Waals surface area contributed by atoms with Gasteiger partial charge in [0, 0.05) is 17.1 Å². The topological polar surface area (TPSA) is 46.9 Å². The van der Waals surface area contributed by atoms with Crippen LogP contribution in [-0.4, -0.2) is 15.7 Å². The van der Waals surface area contributed by atoms with Gasteiger partial charge in [0.1, 0.15) is 0 Å². The van der Waals surface area contributed by atoms with E-state index in [0.717, 1.165) is 22.5 Å². The molecule has 4 rings (SSSR count). The van der Waals surface area contributed by atoms with E-state index in [-0.39, 0.29) is 5.91 Å². The number of aromatic nitrogens is 2. The second kappa shape index (κ2) is 8.11. The van der Waals surface area contributed by atoms with Crippen molar-refractivity contribution in [2.45, 2.75) is 6.54 Å². The Morgan fingerprint density at radius 1 is 0.893 bits per heavy atom. The molecule has 0 fully saturated rings. The molecule has 0 atom stereocenters. The number of rotatable bonds is 5. The maximum atomic E-state index is 13.0. The van der Waals surface area contributed by atoms with Crippen LogP contribution in [0.15, 0.2) is 91.1 Å². The molecule has 3 aromatic carbocycles. The first-order valence-corrected chi connectivity index (χ1v) is 9.32. The fourth-order valence-electron chi connectivity index (χ4n) is 3.07. The molecule has 4 aromatic rings. The average Bonchev–Trinajstić information content (AvgIpc) is 3.19. The zero-order valence-corrected chi connectivity index (χ0v) is 15.8. The highest BCUT2D eigenvalue weighted by Crippen LogP contribution is 2.26. The molecule has 0 saturated heterocycles. The monoisotopic (exact) mass is 387 g/mol. The first kappa shape index (κ1) is 18.0. The fraction of sp³-hybridized carbons (Fsp3) is 0.0435. The summed E-state index contributed by atoms with van der Waals surface area (Å²) >= 11 is 6.20. The molecule has 0 unspecified atom stereocenters. The van der Waals surface area contributed by atoms with Crippen molar-refractivity contribution in [3.63, 3.8) is 0 Å². The maximum Gasteiger partial charge on any atom is 0.255 e. The molecular weight excluding hydrogens is 370 g/mol. The summed E-state index contributed by atoms with van der Waals surface area (Å²) in [6.07, 6.45) is 1.61. The van der Waals surface area contributed by atoms with Crippen molar-refractivity contribution < 1.29 is 4.79 Å². The summed E-state index contributed by atoms with van der Waals surface area (Å²) in [5.74, 6) is -0.194. The third-order valence-electron chi connectivity index (χ3n) is 4.46. The molecule has 28 heavy (non-hydrogen) atoms. The lowest BCUT2D eigenvalue weighted by molar-refractivity contribution is 0.0951. The second-order valence-electron chi connectivity index (χ2n) is 6.29. The molecule has 1 N–H and O–H groups in total. The Labute approximate surface area is 168 Å². The fourth-order valence-corrected chi connectivity index (χ4v) is 3.27. The number of carbonyl (C=O) groups is 1. The van der Waals surface area contributed by atoms with Gasteiger partial charge in [-0.15, -0.1) is 0 Å². The number of halogens is 1. The Morgan fingerprint density at radius 3 is 2.25 bits per heavy atom. The quantitative estimate of drug-likeness (QED) is 0.516. The molecule has 0 bridgehead atoms. The normalized spacial score (nSPS) is 10.6. The minimum Gasteiger partial charge on any atom is -0.348 e. The molecule has 1 aromatic heterocycles. The SMILES string of the molecule is O=C(NCc1ccccc1Cl)c1cnn(-c2ccccc2)c1-c1ccccc1. The molecule has 0 spiro atoms. The van der Waals surface area contributed by atoms with Crippen molar-refractivity contribution in [3.05, 3.63) is 107 Å². The average molecular weight is 388 g/mol. The zero-order valence-electron chi connectivity index (χ0n) is 15.0. The Hall–Kier alpha value is -3.37. The number of nitrogens with zero attached hydrogens (tertiary/aromatic N) is 2. The summed E-state index contributed by atoms with van der Waals surface area (Å²) in [7, 11) is 0. The van der Waals surface area contributed by atoms with Crippen LogP contribution in [0.2, 0.25) is 5.02 Å². The lowest BCUT2D eigenvalue weighted by Crippen LogP contribution is -2.23. The van der Waals surface area contributed by atoms with Crippen LogP contribution in [-0.2, 0) is 6.54 Å². The maximum absolute atomic E-state index is 13.0. The van der Waals surface area contributed by atoms with Crippen LogP contribution in [0.3, 0.4) is 0 Å². The molecule has 0 aliphatic carbocycles. The van der Waals surface area contributed by atoms with E-state index in [1.165, 1.54) is 0 Å². The van der Waals surface area contributed by atoms with E-state index in [9.17, 15) is 4.79 Å². The highest BCUT2D eigenvalue weighted by molar-refractivity contribution is 6.31. The van der Waals surface area contributed by atoms with Crippen molar-refractivity contribution in [1.82, 2.24) is 15.1 Å². The van der Waals surface area contributed by atoms with Gasteiger partial charge in [-0.25, -0.2) is 4.68 Å². The number of hydrogen-bond donors (Lipinski definition) is 1. The third kappa shape index (κ3) is 3.68. The van der Waals surface area contributed by atoms with Crippen molar-refractivity contribution in [1.29, 1.82) is 0 Å². The van der Waals surface area contributed by atoms with E-state index in [0.29, 0.717) is 17.1 Å². The van der Waals surface area contributed by atoms with Crippen molar-refractivity contribution >= 4 is 17.5 Å². The van der Waals surface area contributed by atoms with Gasteiger partial charge >= 0.3 is 0 Å². The highest BCUT2D eigenvalue weighted by atomic mass is 35.5. The standard InChI is InChI=1S/C23H18ClN3O/c24-21-14-8-7-11-18(21)15-25-23(28)20-16-26-27(19-12-5-2-6-13-19)22(20)17-9-3-1-4-10-17/h1-14,16H,15H2,(H,25,28). The lowest BCUT2D eigenvalue weighted by Gasteiger charge is -2.11. The molecule has 4 nitrogen and oxygen atoms in total. The highest BCUT2D eigenvalue weighted by Gasteiger charge is 2.20. The Balaban J connectivity index is 1.70. The van der Waals surface area contributed by atoms with Crippen LogP contribution < -0.4 is 5.32 Å². The van der Waals surface area contributed by atoms with Crippen LogP contribution in [0.25, 0.3) is 16.9 Å². The summed E-state index contributed by atoms with van der Waals surface area (Å²) in [6, 6.07) is 27.0. The summed E-state index contributed by atoms with van der Waals surface area (Å²) < 4.78 is 1.79. The van der Waals surface area contributed by atoms with Gasteiger partial charge in [-0.05, 0) is 23.8 Å². The summed E-state index contributed by atoms with van der Waals surface area (Å²) in [5, 5.41) is 8.07. The minimum absolute atomic E-state index is 0.194. The molecule has 1 heterocycles. The zero-order chi connectivity index (χ0) is 19.3. The van der Waals surface area contributed by atoms with Crippen LogP contribution >= 0.6 is 11.6 Å². The van der Waals surface area contributed by atoms with E-state index < -0.39 is 0 Å². The van der Waals surface area contributed by atoms with Gasteiger partial charge in [-0.1, -0.05) is 78.3 Å². The Morgan fingerprint density at radius 2 is 1.54 bits per heavy atom. The third-order valence-corrected chi connectivity index (χ3v) is 4.83. The summed E-state index contributed by atoms with van der Waals surface area (Å²) in [5.41, 5.74) is 3.96. The number of carbonyl (C=O) groups excluding carboxylic acids is 1. The van der Waals surface area contributed by atoms with Crippen molar-refractivity contribution in [2.24, 2.45) is 0 Å². The summed E-state index contributed by atoms with van der Waals surface area (Å²) in [6.45, 7) is 0.350. The lowest BCUT2D eigenvalue weighted by atomic mass is 10.1. The van der Waals surface area contributed by atoms with E-state index >= 15 is 0 Å². The number of para-hydroxylation sites is 1. The molecular formula is C23H18ClN3O. The number of nitrogens with one attached hydrogen (secondary N) is 1. The number of hydrogen-bond acceptors (Lipinski definition) is 2. The van der Waals surface area contributed by atoms with Crippen LogP contribution in [0.5, 0.6) is 0 Å². The van der Waals surface area contributed by atoms with Gasteiger partial charge in [0.2, 0.25) is 0 Å². The van der Waals surface area contributed by atoms with Gasteiger partial charge in [-0.3, -0.25) is 4.79 Å².